The van der Waals surface area contributed by atoms with Crippen molar-refractivity contribution in [3.05, 3.63) is 93.8 Å². The van der Waals surface area contributed by atoms with Crippen molar-refractivity contribution in [1.29, 1.82) is 0 Å². The van der Waals surface area contributed by atoms with E-state index < -0.39 is 11.5 Å². The van der Waals surface area contributed by atoms with Gasteiger partial charge in [0.1, 0.15) is 11.3 Å². The average Bonchev–Trinajstić information content (AvgIpc) is 2.78. The Bertz CT molecular complexity index is 1420. The van der Waals surface area contributed by atoms with Crippen molar-refractivity contribution in [3.63, 3.8) is 0 Å². The van der Waals surface area contributed by atoms with Crippen LogP contribution in [0.4, 0.5) is 5.69 Å². The molecule has 0 saturated heterocycles. The molecule has 33 heavy (non-hydrogen) atoms. The van der Waals surface area contributed by atoms with Gasteiger partial charge in [0.2, 0.25) is 0 Å². The molecule has 1 aromatic heterocycles. The Labute approximate surface area is 200 Å². The van der Waals surface area contributed by atoms with Crippen molar-refractivity contribution in [2.45, 2.75) is 6.92 Å². The molecule has 0 unspecified atom stereocenters. The number of ether oxygens (including phenoxy) is 1. The van der Waals surface area contributed by atoms with Crippen LogP contribution in [0.1, 0.15) is 5.56 Å². The van der Waals surface area contributed by atoms with E-state index in [9.17, 15) is 9.59 Å². The maximum Gasteiger partial charge on any atom is 0.344 e. The number of aryl methyl sites for hydroxylation is 1. The molecule has 0 fully saturated rings. The first-order valence-electron chi connectivity index (χ1n) is 10.0. The number of carbonyl (C=O) groups excluding carboxylic acids is 1. The zero-order valence-corrected chi connectivity index (χ0v) is 19.1. The fourth-order valence-electron chi connectivity index (χ4n) is 3.25. The third kappa shape index (κ3) is 5.39. The Hall–Kier alpha value is -3.68. The molecule has 0 aliphatic rings. The number of benzene rings is 3. The molecule has 166 valence electrons. The van der Waals surface area contributed by atoms with E-state index in [1.165, 1.54) is 0 Å². The number of hydrogen-bond acceptors (Lipinski definition) is 5. The predicted molar refractivity (Wildman–Crippen MR) is 134 cm³/mol. The minimum Gasteiger partial charge on any atom is -0.483 e. The van der Waals surface area contributed by atoms with Gasteiger partial charge in [-0.05, 0) is 55.0 Å². The third-order valence-electron chi connectivity index (χ3n) is 4.86. The first kappa shape index (κ1) is 22.5. The summed E-state index contributed by atoms with van der Waals surface area (Å²) in [6.07, 6.45) is 0. The van der Waals surface area contributed by atoms with Crippen LogP contribution in [0.2, 0.25) is 5.02 Å². The molecule has 0 saturated carbocycles. The van der Waals surface area contributed by atoms with E-state index in [4.69, 9.17) is 33.0 Å². The van der Waals surface area contributed by atoms with Gasteiger partial charge < -0.3 is 14.5 Å². The SMILES string of the molecule is Cc1ccccc1OCC(=O)NC(=S)Nc1ccc(-c2cc3ccccc3oc2=O)c(Cl)c1. The van der Waals surface area contributed by atoms with Gasteiger partial charge in [0.25, 0.3) is 5.91 Å². The van der Waals surface area contributed by atoms with Crippen LogP contribution in [0.3, 0.4) is 0 Å². The molecule has 3 aromatic carbocycles. The third-order valence-corrected chi connectivity index (χ3v) is 5.38. The van der Waals surface area contributed by atoms with Gasteiger partial charge in [-0.1, -0.05) is 54.1 Å². The van der Waals surface area contributed by atoms with Crippen LogP contribution in [0.5, 0.6) is 5.75 Å². The normalized spacial score (nSPS) is 10.6. The lowest BCUT2D eigenvalue weighted by atomic mass is 10.1. The molecule has 0 aliphatic carbocycles. The highest BCUT2D eigenvalue weighted by molar-refractivity contribution is 7.80. The number of fused-ring (bicyclic) bond motifs is 1. The Morgan fingerprint density at radius 2 is 1.79 bits per heavy atom. The summed E-state index contributed by atoms with van der Waals surface area (Å²) in [7, 11) is 0. The van der Waals surface area contributed by atoms with E-state index in [0.717, 1.165) is 10.9 Å². The van der Waals surface area contributed by atoms with E-state index >= 15 is 0 Å². The number of hydrogen-bond donors (Lipinski definition) is 2. The minimum atomic E-state index is -0.479. The van der Waals surface area contributed by atoms with E-state index in [2.05, 4.69) is 10.6 Å². The van der Waals surface area contributed by atoms with Crippen molar-refractivity contribution >= 4 is 51.5 Å². The van der Waals surface area contributed by atoms with Crippen LogP contribution < -0.4 is 21.0 Å². The maximum absolute atomic E-state index is 12.4. The van der Waals surface area contributed by atoms with E-state index in [1.54, 1.807) is 42.5 Å². The highest BCUT2D eigenvalue weighted by atomic mass is 35.5. The van der Waals surface area contributed by atoms with Gasteiger partial charge in [-0.15, -0.1) is 0 Å². The summed E-state index contributed by atoms with van der Waals surface area (Å²) in [5.41, 5.74) is 2.40. The lowest BCUT2D eigenvalue weighted by molar-refractivity contribution is -0.121. The number of anilines is 1. The molecule has 0 radical (unpaired) electrons. The summed E-state index contributed by atoms with van der Waals surface area (Å²) in [6.45, 7) is 1.72. The fraction of sp³-hybridized carbons (Fsp3) is 0.0800. The van der Waals surface area contributed by atoms with Gasteiger partial charge in [-0.2, -0.15) is 0 Å². The standard InChI is InChI=1S/C25H19ClN2O4S/c1-15-6-2-4-8-21(15)31-14-23(29)28-25(33)27-17-10-11-18(20(26)13-17)19-12-16-7-3-5-9-22(16)32-24(19)30/h2-13H,14H2,1H3,(H2,27,28,29,33). The Balaban J connectivity index is 1.41. The molecule has 0 spiro atoms. The van der Waals surface area contributed by atoms with Crippen LogP contribution in [-0.4, -0.2) is 17.6 Å². The molecule has 0 atom stereocenters. The highest BCUT2D eigenvalue weighted by Crippen LogP contribution is 2.30. The van der Waals surface area contributed by atoms with Crippen molar-refractivity contribution in [3.8, 4) is 16.9 Å². The summed E-state index contributed by atoms with van der Waals surface area (Å²) in [6, 6.07) is 21.4. The molecule has 4 aromatic rings. The van der Waals surface area contributed by atoms with Crippen molar-refractivity contribution < 1.29 is 13.9 Å². The molecular formula is C25H19ClN2O4S. The van der Waals surface area contributed by atoms with Gasteiger partial charge in [-0.25, -0.2) is 4.79 Å². The van der Waals surface area contributed by atoms with Crippen LogP contribution in [0.15, 0.2) is 82.0 Å². The molecule has 6 nitrogen and oxygen atoms in total. The lowest BCUT2D eigenvalue weighted by Crippen LogP contribution is -2.37. The van der Waals surface area contributed by atoms with E-state index in [1.807, 2.05) is 37.3 Å². The Morgan fingerprint density at radius 3 is 2.58 bits per heavy atom. The second-order valence-corrected chi connectivity index (χ2v) is 8.05. The lowest BCUT2D eigenvalue weighted by Gasteiger charge is -2.12. The zero-order valence-electron chi connectivity index (χ0n) is 17.6. The number of thiocarbonyl (C=S) groups is 1. The van der Waals surface area contributed by atoms with Gasteiger partial charge in [-0.3, -0.25) is 10.1 Å². The molecule has 2 N–H and O–H groups in total. The summed E-state index contributed by atoms with van der Waals surface area (Å²) in [4.78, 5) is 24.6. The number of nitrogens with one attached hydrogen (secondary N) is 2. The minimum absolute atomic E-state index is 0.0995. The van der Waals surface area contributed by atoms with Crippen molar-refractivity contribution in [2.24, 2.45) is 0 Å². The largest absolute Gasteiger partial charge is 0.483 e. The summed E-state index contributed by atoms with van der Waals surface area (Å²) in [5.74, 6) is 0.235. The number of amides is 1. The van der Waals surface area contributed by atoms with Crippen LogP contribution in [0.25, 0.3) is 22.1 Å². The fourth-order valence-corrected chi connectivity index (χ4v) is 3.76. The summed E-state index contributed by atoms with van der Waals surface area (Å²) < 4.78 is 10.9. The first-order chi connectivity index (χ1) is 15.9. The van der Waals surface area contributed by atoms with E-state index in [-0.39, 0.29) is 11.7 Å². The predicted octanol–water partition coefficient (Wildman–Crippen LogP) is 5.31. The molecule has 1 heterocycles. The maximum atomic E-state index is 12.4. The number of para-hydroxylation sites is 2. The number of halogens is 1. The van der Waals surface area contributed by atoms with E-state index in [0.29, 0.717) is 33.2 Å². The van der Waals surface area contributed by atoms with Crippen LogP contribution >= 0.6 is 23.8 Å². The van der Waals surface area contributed by atoms with Gasteiger partial charge in [0.05, 0.1) is 10.6 Å². The molecule has 0 aliphatic heterocycles. The molecule has 4 rings (SSSR count). The quantitative estimate of drug-likeness (QED) is 0.299. The topological polar surface area (TPSA) is 80.6 Å². The Morgan fingerprint density at radius 1 is 1.03 bits per heavy atom. The number of carbonyl (C=O) groups is 1. The second kappa shape index (κ2) is 9.85. The van der Waals surface area contributed by atoms with Crippen molar-refractivity contribution in [2.75, 3.05) is 11.9 Å². The smallest absolute Gasteiger partial charge is 0.344 e. The average molecular weight is 479 g/mol. The van der Waals surface area contributed by atoms with Gasteiger partial charge >= 0.3 is 5.63 Å². The Kier molecular flexibility index (Phi) is 6.72. The highest BCUT2D eigenvalue weighted by Gasteiger charge is 2.13. The van der Waals surface area contributed by atoms with Crippen molar-refractivity contribution in [1.82, 2.24) is 5.32 Å². The number of rotatable bonds is 5. The van der Waals surface area contributed by atoms with Gasteiger partial charge in [0.15, 0.2) is 11.7 Å². The van der Waals surface area contributed by atoms with Crippen LogP contribution in [-0.2, 0) is 4.79 Å². The second-order valence-electron chi connectivity index (χ2n) is 7.24. The summed E-state index contributed by atoms with van der Waals surface area (Å²) >= 11 is 11.6. The molecule has 0 bridgehead atoms. The summed E-state index contributed by atoms with van der Waals surface area (Å²) in [5, 5.41) is 6.69. The van der Waals surface area contributed by atoms with Gasteiger partial charge in [0, 0.05) is 16.6 Å². The molecule has 8 heteroatoms. The zero-order chi connectivity index (χ0) is 23.4. The molecule has 1 amide bonds. The molecular weight excluding hydrogens is 460 g/mol. The van der Waals surface area contributed by atoms with Crippen LogP contribution in [0, 0.1) is 6.92 Å². The first-order valence-corrected chi connectivity index (χ1v) is 10.8. The monoisotopic (exact) mass is 478 g/mol.